The minimum atomic E-state index is -0.488. The molecule has 1 N–H and O–H groups in total. The van der Waals surface area contributed by atoms with E-state index in [1.807, 2.05) is 60.7 Å². The first-order valence-corrected chi connectivity index (χ1v) is 8.27. The summed E-state index contributed by atoms with van der Waals surface area (Å²) in [5.41, 5.74) is 1.46. The number of hydrogen-bond acceptors (Lipinski definition) is 4. The number of aryl methyl sites for hydroxylation is 1. The molecule has 1 heterocycles. The first-order chi connectivity index (χ1) is 12.6. The predicted molar refractivity (Wildman–Crippen MR) is 98.1 cm³/mol. The Balaban J connectivity index is 1.78. The topological polar surface area (TPSA) is 68.5 Å². The molecule has 0 radical (unpaired) electrons. The van der Waals surface area contributed by atoms with Gasteiger partial charge >= 0.3 is 0 Å². The molecule has 3 rings (SSSR count). The van der Waals surface area contributed by atoms with Gasteiger partial charge in [-0.1, -0.05) is 60.7 Å². The van der Waals surface area contributed by atoms with Crippen molar-refractivity contribution in [2.24, 2.45) is 0 Å². The van der Waals surface area contributed by atoms with E-state index in [0.29, 0.717) is 12.3 Å². The Morgan fingerprint density at radius 2 is 1.62 bits per heavy atom. The lowest BCUT2D eigenvalue weighted by Crippen LogP contribution is -2.25. The summed E-state index contributed by atoms with van der Waals surface area (Å²) < 4.78 is 11.1. The molecule has 0 fully saturated rings. The molecule has 1 aromatic heterocycles. The van der Waals surface area contributed by atoms with Crippen LogP contribution in [0.25, 0.3) is 0 Å². The second-order valence-electron chi connectivity index (χ2n) is 5.82. The average molecular weight is 349 g/mol. The highest BCUT2D eigenvalue weighted by Gasteiger charge is 2.20. The SMILES string of the molecule is Cc1cc(=O)c(OCc2ccccc2)c(C(=O)NCc2ccccc2)o1. The molecule has 0 spiro atoms. The van der Waals surface area contributed by atoms with E-state index < -0.39 is 5.91 Å². The van der Waals surface area contributed by atoms with E-state index in [2.05, 4.69) is 5.32 Å². The zero-order valence-electron chi connectivity index (χ0n) is 14.4. The van der Waals surface area contributed by atoms with E-state index in [0.717, 1.165) is 11.1 Å². The van der Waals surface area contributed by atoms with Gasteiger partial charge in [-0.25, -0.2) is 0 Å². The highest BCUT2D eigenvalue weighted by atomic mass is 16.5. The van der Waals surface area contributed by atoms with E-state index in [-0.39, 0.29) is 23.5 Å². The fourth-order valence-corrected chi connectivity index (χ4v) is 2.47. The minimum Gasteiger partial charge on any atom is -0.481 e. The van der Waals surface area contributed by atoms with Crippen molar-refractivity contribution in [1.29, 1.82) is 0 Å². The minimum absolute atomic E-state index is 0.0787. The number of carbonyl (C=O) groups excluding carboxylic acids is 1. The van der Waals surface area contributed by atoms with Gasteiger partial charge in [-0.3, -0.25) is 9.59 Å². The lowest BCUT2D eigenvalue weighted by Gasteiger charge is -2.11. The van der Waals surface area contributed by atoms with Crippen LogP contribution in [-0.2, 0) is 13.2 Å². The summed E-state index contributed by atoms with van der Waals surface area (Å²) in [6.45, 7) is 2.12. The summed E-state index contributed by atoms with van der Waals surface area (Å²) in [5.74, 6) is -0.323. The molecule has 0 aliphatic heterocycles. The largest absolute Gasteiger partial charge is 0.481 e. The summed E-state index contributed by atoms with van der Waals surface area (Å²) in [4.78, 5) is 24.8. The lowest BCUT2D eigenvalue weighted by molar-refractivity contribution is 0.0910. The van der Waals surface area contributed by atoms with Crippen molar-refractivity contribution >= 4 is 5.91 Å². The van der Waals surface area contributed by atoms with E-state index in [4.69, 9.17) is 9.15 Å². The van der Waals surface area contributed by atoms with Crippen molar-refractivity contribution in [3.63, 3.8) is 0 Å². The molecule has 5 nitrogen and oxygen atoms in total. The van der Waals surface area contributed by atoms with E-state index in [1.54, 1.807) is 6.92 Å². The average Bonchev–Trinajstić information content (AvgIpc) is 2.66. The third kappa shape index (κ3) is 4.39. The Morgan fingerprint density at radius 3 is 2.27 bits per heavy atom. The van der Waals surface area contributed by atoms with Crippen LogP contribution in [0.4, 0.5) is 0 Å². The van der Waals surface area contributed by atoms with Gasteiger partial charge in [0, 0.05) is 12.6 Å². The number of nitrogens with one attached hydrogen (secondary N) is 1. The number of amides is 1. The molecule has 0 atom stereocenters. The molecule has 0 aliphatic carbocycles. The smallest absolute Gasteiger partial charge is 0.291 e. The summed E-state index contributed by atoms with van der Waals surface area (Å²) in [5, 5.41) is 2.76. The molecule has 2 aromatic carbocycles. The normalized spacial score (nSPS) is 10.3. The summed E-state index contributed by atoms with van der Waals surface area (Å²) in [6, 6.07) is 20.2. The Bertz CT molecular complexity index is 933. The summed E-state index contributed by atoms with van der Waals surface area (Å²) >= 11 is 0. The first-order valence-electron chi connectivity index (χ1n) is 8.27. The zero-order chi connectivity index (χ0) is 18.4. The fraction of sp³-hybridized carbons (Fsp3) is 0.143. The number of hydrogen-bond donors (Lipinski definition) is 1. The van der Waals surface area contributed by atoms with Gasteiger partial charge in [0.2, 0.25) is 16.9 Å². The second kappa shape index (κ2) is 8.16. The summed E-state index contributed by atoms with van der Waals surface area (Å²) in [6.07, 6.45) is 0. The Labute approximate surface area is 151 Å². The van der Waals surface area contributed by atoms with Crippen LogP contribution in [0.15, 0.2) is 75.9 Å². The fourth-order valence-electron chi connectivity index (χ4n) is 2.47. The molecule has 0 aliphatic rings. The van der Waals surface area contributed by atoms with Crippen LogP contribution in [0, 0.1) is 6.92 Å². The van der Waals surface area contributed by atoms with Gasteiger partial charge in [0.25, 0.3) is 5.91 Å². The standard InChI is InChI=1S/C21H19NO4/c1-15-12-18(23)19(25-14-17-10-6-3-7-11-17)20(26-15)21(24)22-13-16-8-4-2-5-9-16/h2-12H,13-14H2,1H3,(H,22,24). The Morgan fingerprint density at radius 1 is 1.00 bits per heavy atom. The van der Waals surface area contributed by atoms with Crippen molar-refractivity contribution in [2.45, 2.75) is 20.1 Å². The van der Waals surface area contributed by atoms with Gasteiger partial charge < -0.3 is 14.5 Å². The number of carbonyl (C=O) groups is 1. The third-order valence-corrected chi connectivity index (χ3v) is 3.76. The summed E-state index contributed by atoms with van der Waals surface area (Å²) in [7, 11) is 0. The predicted octanol–water partition coefficient (Wildman–Crippen LogP) is 3.46. The van der Waals surface area contributed by atoms with Gasteiger partial charge in [-0.05, 0) is 18.1 Å². The van der Waals surface area contributed by atoms with Gasteiger partial charge in [0.15, 0.2) is 0 Å². The lowest BCUT2D eigenvalue weighted by atomic mass is 10.2. The molecule has 0 saturated heterocycles. The highest BCUT2D eigenvalue weighted by molar-refractivity contribution is 5.93. The number of rotatable bonds is 6. The molecular weight excluding hydrogens is 330 g/mol. The van der Waals surface area contributed by atoms with Gasteiger partial charge in [-0.15, -0.1) is 0 Å². The van der Waals surface area contributed by atoms with Crippen LogP contribution in [-0.4, -0.2) is 5.91 Å². The molecule has 0 saturated carbocycles. The Kier molecular flexibility index (Phi) is 5.49. The quantitative estimate of drug-likeness (QED) is 0.740. The molecule has 26 heavy (non-hydrogen) atoms. The van der Waals surface area contributed by atoms with Gasteiger partial charge in [0.05, 0.1) is 0 Å². The molecule has 0 unspecified atom stereocenters. The second-order valence-corrected chi connectivity index (χ2v) is 5.82. The third-order valence-electron chi connectivity index (χ3n) is 3.76. The maximum atomic E-state index is 12.5. The zero-order valence-corrected chi connectivity index (χ0v) is 14.4. The highest BCUT2D eigenvalue weighted by Crippen LogP contribution is 2.17. The monoisotopic (exact) mass is 349 g/mol. The number of ether oxygens (including phenoxy) is 1. The maximum absolute atomic E-state index is 12.5. The van der Waals surface area contributed by atoms with Crippen LogP contribution in [0.3, 0.4) is 0 Å². The van der Waals surface area contributed by atoms with Gasteiger partial charge in [-0.2, -0.15) is 0 Å². The van der Waals surface area contributed by atoms with Gasteiger partial charge in [0.1, 0.15) is 12.4 Å². The van der Waals surface area contributed by atoms with Crippen molar-refractivity contribution in [2.75, 3.05) is 0 Å². The van der Waals surface area contributed by atoms with Crippen molar-refractivity contribution in [3.05, 3.63) is 99.6 Å². The van der Waals surface area contributed by atoms with E-state index >= 15 is 0 Å². The van der Waals surface area contributed by atoms with E-state index in [9.17, 15) is 9.59 Å². The van der Waals surface area contributed by atoms with Crippen molar-refractivity contribution in [3.8, 4) is 5.75 Å². The Hall–Kier alpha value is -3.34. The molecular formula is C21H19NO4. The molecule has 132 valence electrons. The molecule has 3 aromatic rings. The molecule has 5 heteroatoms. The maximum Gasteiger partial charge on any atom is 0.291 e. The van der Waals surface area contributed by atoms with Crippen LogP contribution in [0.2, 0.25) is 0 Å². The van der Waals surface area contributed by atoms with E-state index in [1.165, 1.54) is 6.07 Å². The van der Waals surface area contributed by atoms with Crippen LogP contribution >= 0.6 is 0 Å². The van der Waals surface area contributed by atoms with Crippen LogP contribution in [0.1, 0.15) is 27.4 Å². The first kappa shape index (κ1) is 17.5. The van der Waals surface area contributed by atoms with Crippen LogP contribution in [0.5, 0.6) is 5.75 Å². The van der Waals surface area contributed by atoms with Crippen molar-refractivity contribution in [1.82, 2.24) is 5.32 Å². The van der Waals surface area contributed by atoms with Crippen molar-refractivity contribution < 1.29 is 13.9 Å². The number of benzene rings is 2. The molecule has 0 bridgehead atoms. The van der Waals surface area contributed by atoms with Crippen LogP contribution < -0.4 is 15.5 Å². The molecule has 1 amide bonds.